The second-order valence-electron chi connectivity index (χ2n) is 3.84. The number of nitrogens with zero attached hydrogens (tertiary/aromatic N) is 2. The van der Waals surface area contributed by atoms with Gasteiger partial charge in [-0.05, 0) is 30.7 Å². The summed E-state index contributed by atoms with van der Waals surface area (Å²) in [5.74, 6) is -1.40. The summed E-state index contributed by atoms with van der Waals surface area (Å²) in [7, 11) is 0. The second kappa shape index (κ2) is 5.26. The highest BCUT2D eigenvalue weighted by molar-refractivity contribution is 6.03. The molecule has 0 aliphatic carbocycles. The van der Waals surface area contributed by atoms with Gasteiger partial charge in [0.1, 0.15) is 11.5 Å². The molecule has 2 heterocycles. The largest absolute Gasteiger partial charge is 0.477 e. The molecule has 0 radical (unpaired) electrons. The van der Waals surface area contributed by atoms with Gasteiger partial charge in [0.2, 0.25) is 0 Å². The number of amides is 1. The monoisotopic (exact) mass is 257 g/mol. The molecule has 19 heavy (non-hydrogen) atoms. The quantitative estimate of drug-likeness (QED) is 0.873. The average molecular weight is 257 g/mol. The van der Waals surface area contributed by atoms with E-state index in [4.69, 9.17) is 5.11 Å². The van der Waals surface area contributed by atoms with E-state index in [1.807, 2.05) is 0 Å². The van der Waals surface area contributed by atoms with Crippen molar-refractivity contribution in [1.82, 2.24) is 9.97 Å². The topological polar surface area (TPSA) is 92.2 Å². The fourth-order valence-corrected chi connectivity index (χ4v) is 1.52. The molecule has 0 atom stereocenters. The summed E-state index contributed by atoms with van der Waals surface area (Å²) in [5, 5.41) is 11.3. The number of aryl methyl sites for hydroxylation is 1. The minimum Gasteiger partial charge on any atom is -0.477 e. The van der Waals surface area contributed by atoms with Gasteiger partial charge < -0.3 is 10.4 Å². The molecular formula is C13H11N3O3. The second-order valence-corrected chi connectivity index (χ2v) is 3.84. The van der Waals surface area contributed by atoms with Crippen LogP contribution in [0.2, 0.25) is 0 Å². The van der Waals surface area contributed by atoms with E-state index in [-0.39, 0.29) is 17.2 Å². The number of hydrogen-bond acceptors (Lipinski definition) is 4. The predicted molar refractivity (Wildman–Crippen MR) is 68.1 cm³/mol. The van der Waals surface area contributed by atoms with Gasteiger partial charge in [-0.15, -0.1) is 0 Å². The van der Waals surface area contributed by atoms with Crippen molar-refractivity contribution >= 4 is 17.7 Å². The van der Waals surface area contributed by atoms with Crippen LogP contribution in [0.15, 0.2) is 36.5 Å². The van der Waals surface area contributed by atoms with Crippen LogP contribution in [0.1, 0.15) is 26.5 Å². The number of aromatic nitrogens is 2. The molecule has 0 saturated carbocycles. The van der Waals surface area contributed by atoms with E-state index in [1.165, 1.54) is 24.4 Å². The maximum Gasteiger partial charge on any atom is 0.354 e. The number of carbonyl (C=O) groups excluding carboxylic acids is 1. The van der Waals surface area contributed by atoms with Crippen LogP contribution in [0.3, 0.4) is 0 Å². The molecule has 0 spiro atoms. The normalized spacial score (nSPS) is 9.95. The van der Waals surface area contributed by atoms with Crippen molar-refractivity contribution in [3.8, 4) is 0 Å². The third-order valence-electron chi connectivity index (χ3n) is 2.43. The molecule has 0 aliphatic rings. The minimum atomic E-state index is -1.15. The molecule has 0 bridgehead atoms. The van der Waals surface area contributed by atoms with Gasteiger partial charge in [-0.3, -0.25) is 9.78 Å². The Morgan fingerprint density at radius 3 is 2.68 bits per heavy atom. The van der Waals surface area contributed by atoms with Gasteiger partial charge in [-0.25, -0.2) is 9.78 Å². The predicted octanol–water partition coefficient (Wildman–Crippen LogP) is 1.74. The molecule has 6 nitrogen and oxygen atoms in total. The molecular weight excluding hydrogens is 246 g/mol. The number of carboxylic acids is 1. The van der Waals surface area contributed by atoms with Crippen molar-refractivity contribution in [3.05, 3.63) is 53.5 Å². The first-order valence-corrected chi connectivity index (χ1v) is 5.51. The zero-order chi connectivity index (χ0) is 13.8. The Morgan fingerprint density at radius 1 is 1.21 bits per heavy atom. The zero-order valence-corrected chi connectivity index (χ0v) is 10.1. The summed E-state index contributed by atoms with van der Waals surface area (Å²) >= 11 is 0. The van der Waals surface area contributed by atoms with E-state index in [0.29, 0.717) is 0 Å². The van der Waals surface area contributed by atoms with Gasteiger partial charge >= 0.3 is 5.97 Å². The maximum absolute atomic E-state index is 12.0. The maximum atomic E-state index is 12.0. The van der Waals surface area contributed by atoms with E-state index < -0.39 is 11.9 Å². The van der Waals surface area contributed by atoms with E-state index in [9.17, 15) is 9.59 Å². The molecule has 2 rings (SSSR count). The van der Waals surface area contributed by atoms with Gasteiger partial charge in [0.25, 0.3) is 5.91 Å². The van der Waals surface area contributed by atoms with E-state index in [0.717, 1.165) is 5.56 Å². The molecule has 1 amide bonds. The van der Waals surface area contributed by atoms with Gasteiger partial charge in [0.15, 0.2) is 5.69 Å². The first-order valence-electron chi connectivity index (χ1n) is 5.51. The fraction of sp³-hybridized carbons (Fsp3) is 0.0769. The van der Waals surface area contributed by atoms with Crippen LogP contribution in [0, 0.1) is 6.92 Å². The average Bonchev–Trinajstić information content (AvgIpc) is 2.39. The highest BCUT2D eigenvalue weighted by atomic mass is 16.4. The number of carbonyl (C=O) groups is 2. The lowest BCUT2D eigenvalue weighted by molar-refractivity contribution is 0.0690. The smallest absolute Gasteiger partial charge is 0.354 e. The van der Waals surface area contributed by atoms with Gasteiger partial charge in [-0.2, -0.15) is 0 Å². The van der Waals surface area contributed by atoms with Crippen LogP contribution >= 0.6 is 0 Å². The molecule has 6 heteroatoms. The number of anilines is 1. The molecule has 0 aromatic carbocycles. The molecule has 0 fully saturated rings. The molecule has 96 valence electrons. The van der Waals surface area contributed by atoms with Crippen molar-refractivity contribution in [2.75, 3.05) is 5.32 Å². The first-order chi connectivity index (χ1) is 9.08. The Balaban J connectivity index is 2.22. The lowest BCUT2D eigenvalue weighted by Crippen LogP contribution is -2.16. The molecule has 0 saturated heterocycles. The fourth-order valence-electron chi connectivity index (χ4n) is 1.52. The van der Waals surface area contributed by atoms with Gasteiger partial charge in [-0.1, -0.05) is 12.1 Å². The van der Waals surface area contributed by atoms with Crippen LogP contribution in [-0.2, 0) is 0 Å². The van der Waals surface area contributed by atoms with E-state index >= 15 is 0 Å². The highest BCUT2D eigenvalue weighted by Crippen LogP contribution is 2.09. The van der Waals surface area contributed by atoms with Gasteiger partial charge in [0.05, 0.1) is 0 Å². The Morgan fingerprint density at radius 2 is 2.00 bits per heavy atom. The minimum absolute atomic E-state index is 0.129. The Labute approximate surface area is 109 Å². The molecule has 0 aliphatic heterocycles. The summed E-state index contributed by atoms with van der Waals surface area (Å²) in [6.45, 7) is 1.77. The lowest BCUT2D eigenvalue weighted by atomic mass is 10.2. The summed E-state index contributed by atoms with van der Waals surface area (Å²) in [4.78, 5) is 30.5. The highest BCUT2D eigenvalue weighted by Gasteiger charge is 2.12. The number of carboxylic acid groups (broad SMARTS) is 1. The molecule has 2 aromatic rings. The van der Waals surface area contributed by atoms with Crippen LogP contribution in [0.25, 0.3) is 0 Å². The Kier molecular flexibility index (Phi) is 3.51. The third kappa shape index (κ3) is 2.92. The summed E-state index contributed by atoms with van der Waals surface area (Å²) in [6, 6.07) is 7.88. The van der Waals surface area contributed by atoms with Crippen LogP contribution < -0.4 is 5.32 Å². The zero-order valence-electron chi connectivity index (χ0n) is 10.1. The number of rotatable bonds is 3. The Hall–Kier alpha value is -2.76. The summed E-state index contributed by atoms with van der Waals surface area (Å²) < 4.78 is 0. The number of pyridine rings is 2. The van der Waals surface area contributed by atoms with Crippen molar-refractivity contribution < 1.29 is 14.7 Å². The van der Waals surface area contributed by atoms with Crippen molar-refractivity contribution in [2.24, 2.45) is 0 Å². The molecule has 0 unspecified atom stereocenters. The lowest BCUT2D eigenvalue weighted by Gasteiger charge is -2.06. The SMILES string of the molecule is Cc1cccnc1C(=O)Nc1cccc(C(=O)O)n1. The Bertz CT molecular complexity index is 641. The van der Waals surface area contributed by atoms with Crippen molar-refractivity contribution in [1.29, 1.82) is 0 Å². The first kappa shape index (κ1) is 12.7. The van der Waals surface area contributed by atoms with Crippen molar-refractivity contribution in [2.45, 2.75) is 6.92 Å². The van der Waals surface area contributed by atoms with Crippen molar-refractivity contribution in [3.63, 3.8) is 0 Å². The number of aromatic carboxylic acids is 1. The summed E-state index contributed by atoms with van der Waals surface area (Å²) in [6.07, 6.45) is 1.52. The van der Waals surface area contributed by atoms with Gasteiger partial charge in [0, 0.05) is 6.20 Å². The summed E-state index contributed by atoms with van der Waals surface area (Å²) in [5.41, 5.74) is 0.884. The van der Waals surface area contributed by atoms with Crippen LogP contribution in [0.4, 0.5) is 5.82 Å². The molecule has 2 aromatic heterocycles. The van der Waals surface area contributed by atoms with E-state index in [1.54, 1.807) is 19.1 Å². The number of hydrogen-bond donors (Lipinski definition) is 2. The standard InChI is InChI=1S/C13H11N3O3/c1-8-4-3-7-14-11(8)12(17)16-10-6-2-5-9(15-10)13(18)19/h2-7H,1H3,(H,18,19)(H,15,16,17). The van der Waals surface area contributed by atoms with Crippen LogP contribution in [-0.4, -0.2) is 27.0 Å². The number of nitrogens with one attached hydrogen (secondary N) is 1. The third-order valence-corrected chi connectivity index (χ3v) is 2.43. The van der Waals surface area contributed by atoms with E-state index in [2.05, 4.69) is 15.3 Å². The van der Waals surface area contributed by atoms with Crippen LogP contribution in [0.5, 0.6) is 0 Å². The molecule has 2 N–H and O–H groups in total.